The van der Waals surface area contributed by atoms with Crippen LogP contribution >= 0.6 is 0 Å². The molecule has 0 saturated carbocycles. The Hall–Kier alpha value is -4.71. The highest BCUT2D eigenvalue weighted by atomic mass is 16.6. The maximum atomic E-state index is 12.9. The second-order valence-electron chi connectivity index (χ2n) is 20.9. The molecule has 0 spiro atoms. The highest BCUT2D eigenvalue weighted by Gasteiger charge is 2.19. The van der Waals surface area contributed by atoms with Gasteiger partial charge in [-0.2, -0.15) is 0 Å². The van der Waals surface area contributed by atoms with E-state index >= 15 is 0 Å². The van der Waals surface area contributed by atoms with Crippen LogP contribution in [-0.2, 0) is 28.6 Å². The Kier molecular flexibility index (Phi) is 61.9. The van der Waals surface area contributed by atoms with Crippen molar-refractivity contribution in [3.05, 3.63) is 146 Å². The Morgan fingerprint density at radius 1 is 0.253 bits per heavy atom. The zero-order valence-corrected chi connectivity index (χ0v) is 51.1. The van der Waals surface area contributed by atoms with Crippen molar-refractivity contribution in [3.8, 4) is 0 Å². The number of carbonyl (C=O) groups is 3. The number of esters is 3. The third-order valence-corrected chi connectivity index (χ3v) is 13.3. The maximum absolute atomic E-state index is 12.9. The van der Waals surface area contributed by atoms with Gasteiger partial charge in [0, 0.05) is 19.3 Å². The van der Waals surface area contributed by atoms with Crippen molar-refractivity contribution in [3.63, 3.8) is 0 Å². The first-order valence-corrected chi connectivity index (χ1v) is 32.3. The number of hydrogen-bond acceptors (Lipinski definition) is 6. The summed E-state index contributed by atoms with van der Waals surface area (Å²) in [5.74, 6) is -0.937. The third kappa shape index (κ3) is 64.0. The lowest BCUT2D eigenvalue weighted by molar-refractivity contribution is -0.167. The Balaban J connectivity index is 4.36. The first kappa shape index (κ1) is 74.3. The van der Waals surface area contributed by atoms with E-state index < -0.39 is 6.10 Å². The molecule has 0 heterocycles. The van der Waals surface area contributed by atoms with E-state index in [-0.39, 0.29) is 31.1 Å². The van der Waals surface area contributed by atoms with E-state index in [4.69, 9.17) is 14.2 Å². The van der Waals surface area contributed by atoms with Gasteiger partial charge in [-0.25, -0.2) is 0 Å². The second-order valence-corrected chi connectivity index (χ2v) is 20.9. The standard InChI is InChI=1S/C73H118O6/c1-4-7-10-13-16-19-22-25-27-29-31-33-34-35-36-37-38-40-41-43-45-48-51-54-57-60-63-66-72(75)78-69-70(68-77-71(74)65-62-59-56-53-50-47-24-21-18-15-12-9-6-3)79-73(76)67-64-61-58-55-52-49-46-44-42-39-32-30-28-26-23-20-17-14-11-8-5-2/h7-12,16-21,25-28,31-33,35-36,39,47,50,70H,4-6,13-15,22-24,29-30,34,37-38,40-46,48-49,51-69H2,1-3H3/b10-7-,11-8-,12-9-,19-16-,20-17-,21-18-,27-25-,28-26-,33-31-,36-35-,39-32-,50-47-. The van der Waals surface area contributed by atoms with Crippen LogP contribution in [0.2, 0.25) is 0 Å². The average molecular weight is 1090 g/mol. The molecule has 79 heavy (non-hydrogen) atoms. The van der Waals surface area contributed by atoms with E-state index in [1.807, 2.05) is 0 Å². The minimum atomic E-state index is -0.803. The van der Waals surface area contributed by atoms with E-state index in [2.05, 4.69) is 167 Å². The molecule has 446 valence electrons. The van der Waals surface area contributed by atoms with Gasteiger partial charge in [0.1, 0.15) is 13.2 Å². The topological polar surface area (TPSA) is 78.9 Å². The lowest BCUT2D eigenvalue weighted by atomic mass is 10.0. The quantitative estimate of drug-likeness (QED) is 0.0261. The summed E-state index contributed by atoms with van der Waals surface area (Å²) in [6, 6.07) is 0. The van der Waals surface area contributed by atoms with Gasteiger partial charge in [0.2, 0.25) is 0 Å². The summed E-state index contributed by atoms with van der Waals surface area (Å²) in [6.45, 7) is 6.27. The molecule has 0 aromatic carbocycles. The Labute approximate surface area is 487 Å². The summed E-state index contributed by atoms with van der Waals surface area (Å²) in [4.78, 5) is 38.3. The van der Waals surface area contributed by atoms with Crippen LogP contribution in [0.5, 0.6) is 0 Å². The summed E-state index contributed by atoms with van der Waals surface area (Å²) in [5, 5.41) is 0. The molecule has 0 rings (SSSR count). The van der Waals surface area contributed by atoms with E-state index in [1.165, 1.54) is 89.9 Å². The molecular formula is C73H118O6. The molecular weight excluding hydrogens is 973 g/mol. The van der Waals surface area contributed by atoms with Gasteiger partial charge < -0.3 is 14.2 Å². The lowest BCUT2D eigenvalue weighted by Gasteiger charge is -2.18. The zero-order chi connectivity index (χ0) is 57.1. The van der Waals surface area contributed by atoms with Gasteiger partial charge in [0.05, 0.1) is 0 Å². The van der Waals surface area contributed by atoms with Crippen molar-refractivity contribution in [2.45, 2.75) is 284 Å². The number of carbonyl (C=O) groups excluding carboxylic acids is 3. The number of rotatable bonds is 57. The van der Waals surface area contributed by atoms with Gasteiger partial charge >= 0.3 is 17.9 Å². The Morgan fingerprint density at radius 2 is 0.456 bits per heavy atom. The van der Waals surface area contributed by atoms with Gasteiger partial charge in [0.25, 0.3) is 0 Å². The SMILES string of the molecule is CC/C=C\C/C=C\C/C=C\C/C=C\C/C=C\CCCCCCCCCCCCCC(=O)OCC(COC(=O)CCCCC/C=C\C/C=C\C/C=C\CC)OC(=O)CCCCCCCCCC/C=C\C/C=C\C/C=C\C/C=C\CC. The van der Waals surface area contributed by atoms with E-state index in [0.717, 1.165) is 148 Å². The van der Waals surface area contributed by atoms with Crippen molar-refractivity contribution in [1.29, 1.82) is 0 Å². The molecule has 0 bridgehead atoms. The highest BCUT2D eigenvalue weighted by molar-refractivity contribution is 5.71. The number of ether oxygens (including phenoxy) is 3. The van der Waals surface area contributed by atoms with Crippen LogP contribution in [0, 0.1) is 0 Å². The molecule has 0 amide bonds. The third-order valence-electron chi connectivity index (χ3n) is 13.3. The minimum absolute atomic E-state index is 0.0967. The van der Waals surface area contributed by atoms with Crippen LogP contribution in [-0.4, -0.2) is 37.2 Å². The summed E-state index contributed by atoms with van der Waals surface area (Å²) in [5.41, 5.74) is 0. The van der Waals surface area contributed by atoms with Crippen LogP contribution in [0.3, 0.4) is 0 Å². The average Bonchev–Trinajstić information content (AvgIpc) is 3.45. The predicted molar refractivity (Wildman–Crippen MR) is 343 cm³/mol. The smallest absolute Gasteiger partial charge is 0.306 e. The van der Waals surface area contributed by atoms with Gasteiger partial charge in [-0.15, -0.1) is 0 Å². The lowest BCUT2D eigenvalue weighted by Crippen LogP contribution is -2.30. The van der Waals surface area contributed by atoms with Gasteiger partial charge in [-0.3, -0.25) is 14.4 Å². The molecule has 0 aliphatic rings. The number of hydrogen-bond donors (Lipinski definition) is 0. The van der Waals surface area contributed by atoms with Crippen LogP contribution in [0.4, 0.5) is 0 Å². The Bertz CT molecular complexity index is 1730. The van der Waals surface area contributed by atoms with Crippen LogP contribution in [0.25, 0.3) is 0 Å². The molecule has 0 N–H and O–H groups in total. The molecule has 0 fully saturated rings. The summed E-state index contributed by atoms with van der Waals surface area (Å²) >= 11 is 0. The first-order chi connectivity index (χ1) is 39.0. The van der Waals surface area contributed by atoms with Crippen molar-refractivity contribution >= 4 is 17.9 Å². The summed E-state index contributed by atoms with van der Waals surface area (Å²) in [7, 11) is 0. The fraction of sp³-hybridized carbons (Fsp3) is 0.630. The summed E-state index contributed by atoms with van der Waals surface area (Å²) < 4.78 is 16.9. The summed E-state index contributed by atoms with van der Waals surface area (Å²) in [6.07, 6.45) is 94.3. The van der Waals surface area contributed by atoms with Gasteiger partial charge in [-0.05, 0) is 135 Å². The molecule has 1 atom stereocenters. The predicted octanol–water partition coefficient (Wildman–Crippen LogP) is 22.3. The molecule has 0 aliphatic carbocycles. The first-order valence-electron chi connectivity index (χ1n) is 32.3. The van der Waals surface area contributed by atoms with Crippen molar-refractivity contribution in [2.75, 3.05) is 13.2 Å². The molecule has 0 aromatic rings. The molecule has 0 radical (unpaired) electrons. The second kappa shape index (κ2) is 65.8. The molecule has 6 heteroatoms. The van der Waals surface area contributed by atoms with E-state index in [9.17, 15) is 14.4 Å². The number of allylic oxidation sites excluding steroid dienone is 24. The Morgan fingerprint density at radius 3 is 0.722 bits per heavy atom. The molecule has 6 nitrogen and oxygen atoms in total. The molecule has 0 aliphatic heterocycles. The van der Waals surface area contributed by atoms with E-state index in [0.29, 0.717) is 19.3 Å². The van der Waals surface area contributed by atoms with Crippen molar-refractivity contribution in [1.82, 2.24) is 0 Å². The molecule has 1 unspecified atom stereocenters. The largest absolute Gasteiger partial charge is 0.462 e. The minimum Gasteiger partial charge on any atom is -0.462 e. The van der Waals surface area contributed by atoms with Crippen LogP contribution < -0.4 is 0 Å². The van der Waals surface area contributed by atoms with Gasteiger partial charge in [0.15, 0.2) is 6.10 Å². The van der Waals surface area contributed by atoms with Crippen LogP contribution in [0.15, 0.2) is 146 Å². The van der Waals surface area contributed by atoms with E-state index in [1.54, 1.807) is 0 Å². The molecule has 0 saturated heterocycles. The maximum Gasteiger partial charge on any atom is 0.306 e. The zero-order valence-electron chi connectivity index (χ0n) is 51.1. The van der Waals surface area contributed by atoms with Gasteiger partial charge in [-0.1, -0.05) is 269 Å². The fourth-order valence-corrected chi connectivity index (χ4v) is 8.59. The van der Waals surface area contributed by atoms with Crippen molar-refractivity contribution in [2.24, 2.45) is 0 Å². The van der Waals surface area contributed by atoms with Crippen LogP contribution in [0.1, 0.15) is 278 Å². The molecule has 0 aromatic heterocycles. The highest BCUT2D eigenvalue weighted by Crippen LogP contribution is 2.15. The normalized spacial score (nSPS) is 13.1. The fourth-order valence-electron chi connectivity index (χ4n) is 8.59. The van der Waals surface area contributed by atoms with Crippen molar-refractivity contribution < 1.29 is 28.6 Å². The number of unbranched alkanes of at least 4 members (excludes halogenated alkanes) is 22. The monoisotopic (exact) mass is 1090 g/mol.